The van der Waals surface area contributed by atoms with Gasteiger partial charge in [-0.2, -0.15) is 0 Å². The number of hydrogen-bond acceptors (Lipinski definition) is 3. The van der Waals surface area contributed by atoms with Crippen LogP contribution in [0.3, 0.4) is 0 Å². The third kappa shape index (κ3) is 2.43. The zero-order chi connectivity index (χ0) is 8.27. The molecule has 11 heavy (non-hydrogen) atoms. The highest BCUT2D eigenvalue weighted by Gasteiger charge is 2.24. The molecule has 1 fully saturated rings. The molecule has 0 unspecified atom stereocenters. The van der Waals surface area contributed by atoms with Crippen molar-refractivity contribution in [3.05, 3.63) is 0 Å². The van der Waals surface area contributed by atoms with Gasteiger partial charge in [-0.25, -0.2) is 0 Å². The molecule has 0 radical (unpaired) electrons. The van der Waals surface area contributed by atoms with Crippen LogP contribution in [-0.4, -0.2) is 30.7 Å². The van der Waals surface area contributed by atoms with E-state index in [1.54, 1.807) is 0 Å². The van der Waals surface area contributed by atoms with Gasteiger partial charge in [-0.15, -0.1) is 0 Å². The van der Waals surface area contributed by atoms with Gasteiger partial charge in [0, 0.05) is 5.92 Å². The second-order valence-corrected chi connectivity index (χ2v) is 3.21. The van der Waals surface area contributed by atoms with Crippen LogP contribution in [0.2, 0.25) is 0 Å². The van der Waals surface area contributed by atoms with Crippen molar-refractivity contribution in [1.82, 2.24) is 0 Å². The zero-order valence-electron chi connectivity index (χ0n) is 7.12. The minimum atomic E-state index is -0.124. The minimum Gasteiger partial charge on any atom is -0.394 e. The van der Waals surface area contributed by atoms with Crippen LogP contribution in [-0.2, 0) is 9.47 Å². The third-order valence-corrected chi connectivity index (χ3v) is 1.80. The van der Waals surface area contributed by atoms with E-state index in [0.29, 0.717) is 12.5 Å². The van der Waals surface area contributed by atoms with E-state index in [1.165, 1.54) is 0 Å². The molecular formula is C8H16O3. The molecule has 0 bridgehead atoms. The molecule has 3 heteroatoms. The molecule has 1 heterocycles. The van der Waals surface area contributed by atoms with Crippen LogP contribution in [0.4, 0.5) is 0 Å². The molecular weight excluding hydrogens is 144 g/mol. The summed E-state index contributed by atoms with van der Waals surface area (Å²) in [4.78, 5) is 0. The van der Waals surface area contributed by atoms with Crippen LogP contribution in [0.25, 0.3) is 0 Å². The van der Waals surface area contributed by atoms with Gasteiger partial charge in [-0.3, -0.25) is 0 Å². The van der Waals surface area contributed by atoms with E-state index in [2.05, 4.69) is 0 Å². The van der Waals surface area contributed by atoms with Gasteiger partial charge < -0.3 is 14.6 Å². The molecule has 0 amide bonds. The predicted molar refractivity (Wildman–Crippen MR) is 41.2 cm³/mol. The maximum absolute atomic E-state index is 8.81. The molecule has 0 aromatic heterocycles. The Kier molecular flexibility index (Phi) is 3.30. The molecule has 0 aromatic rings. The fraction of sp³-hybridized carbons (Fsp3) is 1.00. The average molecular weight is 160 g/mol. The Morgan fingerprint density at radius 2 is 2.27 bits per heavy atom. The fourth-order valence-electron chi connectivity index (χ4n) is 1.10. The van der Waals surface area contributed by atoms with Crippen LogP contribution in [0.15, 0.2) is 0 Å². The number of hydrogen-bond donors (Lipinski definition) is 1. The topological polar surface area (TPSA) is 38.7 Å². The summed E-state index contributed by atoms with van der Waals surface area (Å²) >= 11 is 0. The number of ether oxygens (including phenoxy) is 2. The minimum absolute atomic E-state index is 0.0175. The van der Waals surface area contributed by atoms with Crippen molar-refractivity contribution in [2.45, 2.75) is 32.7 Å². The highest BCUT2D eigenvalue weighted by molar-refractivity contribution is 4.64. The fourth-order valence-corrected chi connectivity index (χ4v) is 1.10. The second kappa shape index (κ2) is 4.04. The van der Waals surface area contributed by atoms with Gasteiger partial charge in [0.05, 0.1) is 19.3 Å². The SMILES string of the molecule is CC(C)[C@H]1OCC[C@@H](CO)O1. The van der Waals surface area contributed by atoms with Crippen molar-refractivity contribution < 1.29 is 14.6 Å². The summed E-state index contributed by atoms with van der Waals surface area (Å²) in [5.41, 5.74) is 0. The van der Waals surface area contributed by atoms with Crippen molar-refractivity contribution >= 4 is 0 Å². The van der Waals surface area contributed by atoms with Crippen molar-refractivity contribution in [2.75, 3.05) is 13.2 Å². The molecule has 1 aliphatic rings. The molecule has 1 saturated heterocycles. The number of rotatable bonds is 2. The van der Waals surface area contributed by atoms with Gasteiger partial charge in [0.1, 0.15) is 0 Å². The van der Waals surface area contributed by atoms with Crippen LogP contribution < -0.4 is 0 Å². The summed E-state index contributed by atoms with van der Waals surface area (Å²) in [5.74, 6) is 0.365. The zero-order valence-corrected chi connectivity index (χ0v) is 7.12. The van der Waals surface area contributed by atoms with Crippen molar-refractivity contribution in [3.8, 4) is 0 Å². The van der Waals surface area contributed by atoms with Crippen molar-refractivity contribution in [3.63, 3.8) is 0 Å². The van der Waals surface area contributed by atoms with Crippen LogP contribution in [0.1, 0.15) is 20.3 Å². The van der Waals surface area contributed by atoms with E-state index in [1.807, 2.05) is 13.8 Å². The molecule has 2 atom stereocenters. The van der Waals surface area contributed by atoms with E-state index in [0.717, 1.165) is 6.42 Å². The Morgan fingerprint density at radius 1 is 1.55 bits per heavy atom. The Morgan fingerprint density at radius 3 is 2.82 bits per heavy atom. The van der Waals surface area contributed by atoms with E-state index in [9.17, 15) is 0 Å². The van der Waals surface area contributed by atoms with Crippen LogP contribution in [0.5, 0.6) is 0 Å². The molecule has 1 rings (SSSR count). The Bertz CT molecular complexity index is 114. The summed E-state index contributed by atoms with van der Waals surface area (Å²) in [7, 11) is 0. The van der Waals surface area contributed by atoms with E-state index in [-0.39, 0.29) is 19.0 Å². The molecule has 0 aromatic carbocycles. The lowest BCUT2D eigenvalue weighted by Gasteiger charge is -2.31. The lowest BCUT2D eigenvalue weighted by Crippen LogP contribution is -2.37. The van der Waals surface area contributed by atoms with Gasteiger partial charge in [-0.1, -0.05) is 13.8 Å². The van der Waals surface area contributed by atoms with Crippen LogP contribution >= 0.6 is 0 Å². The summed E-state index contributed by atoms with van der Waals surface area (Å²) in [6.45, 7) is 4.90. The maximum Gasteiger partial charge on any atom is 0.160 e. The first-order valence-electron chi connectivity index (χ1n) is 4.12. The summed E-state index contributed by atoms with van der Waals surface area (Å²) in [5, 5.41) is 8.81. The first-order valence-corrected chi connectivity index (χ1v) is 4.12. The van der Waals surface area contributed by atoms with Gasteiger partial charge in [-0.05, 0) is 6.42 Å². The van der Waals surface area contributed by atoms with Gasteiger partial charge in [0.15, 0.2) is 6.29 Å². The lowest BCUT2D eigenvalue weighted by molar-refractivity contribution is -0.236. The molecule has 0 saturated carbocycles. The summed E-state index contributed by atoms with van der Waals surface area (Å²) in [6.07, 6.45) is 0.664. The molecule has 0 aliphatic carbocycles. The average Bonchev–Trinajstić information content (AvgIpc) is 2.05. The number of aliphatic hydroxyl groups is 1. The van der Waals surface area contributed by atoms with Gasteiger partial charge in [0.2, 0.25) is 0 Å². The van der Waals surface area contributed by atoms with E-state index >= 15 is 0 Å². The predicted octanol–water partition coefficient (Wildman–Crippen LogP) is 0.766. The van der Waals surface area contributed by atoms with Gasteiger partial charge >= 0.3 is 0 Å². The normalized spacial score (nSPS) is 32.7. The highest BCUT2D eigenvalue weighted by atomic mass is 16.7. The summed E-state index contributed by atoms with van der Waals surface area (Å²) < 4.78 is 10.8. The molecule has 3 nitrogen and oxygen atoms in total. The second-order valence-electron chi connectivity index (χ2n) is 3.21. The Labute approximate surface area is 67.3 Å². The number of aliphatic hydroxyl groups excluding tert-OH is 1. The maximum atomic E-state index is 8.81. The lowest BCUT2D eigenvalue weighted by atomic mass is 10.2. The summed E-state index contributed by atoms with van der Waals surface area (Å²) in [6, 6.07) is 0. The monoisotopic (exact) mass is 160 g/mol. The smallest absolute Gasteiger partial charge is 0.160 e. The van der Waals surface area contributed by atoms with E-state index < -0.39 is 0 Å². The first kappa shape index (κ1) is 8.97. The standard InChI is InChI=1S/C8H16O3/c1-6(2)8-10-4-3-7(5-9)11-8/h6-9H,3-5H2,1-2H3/t7-,8-/m0/s1. The van der Waals surface area contributed by atoms with Gasteiger partial charge in [0.25, 0.3) is 0 Å². The Balaban J connectivity index is 2.33. The molecule has 66 valence electrons. The van der Waals surface area contributed by atoms with Crippen molar-refractivity contribution in [1.29, 1.82) is 0 Å². The largest absolute Gasteiger partial charge is 0.394 e. The van der Waals surface area contributed by atoms with E-state index in [4.69, 9.17) is 14.6 Å². The quantitative estimate of drug-likeness (QED) is 0.648. The molecule has 0 spiro atoms. The highest BCUT2D eigenvalue weighted by Crippen LogP contribution is 2.17. The first-order chi connectivity index (χ1) is 5.24. The molecule has 1 aliphatic heterocycles. The third-order valence-electron chi connectivity index (χ3n) is 1.80. The van der Waals surface area contributed by atoms with Crippen molar-refractivity contribution in [2.24, 2.45) is 5.92 Å². The van der Waals surface area contributed by atoms with Crippen LogP contribution in [0, 0.1) is 5.92 Å². The molecule has 1 N–H and O–H groups in total. The Hall–Kier alpha value is -0.120.